The van der Waals surface area contributed by atoms with E-state index in [9.17, 15) is 14.4 Å². The molecule has 5 nitrogen and oxygen atoms in total. The Morgan fingerprint density at radius 1 is 1.11 bits per heavy atom. The van der Waals surface area contributed by atoms with E-state index in [1.165, 1.54) is 0 Å². The molecule has 0 spiro atoms. The highest BCUT2D eigenvalue weighted by Crippen LogP contribution is 2.80. The quantitative estimate of drug-likeness (QED) is 0.433. The molecule has 3 unspecified atom stereocenters. The van der Waals surface area contributed by atoms with Crippen LogP contribution in [0, 0.1) is 16.7 Å². The molecule has 0 aromatic heterocycles. The minimum Gasteiger partial charge on any atom is -0.465 e. The van der Waals surface area contributed by atoms with Gasteiger partial charge in [0, 0.05) is 11.5 Å². The van der Waals surface area contributed by atoms with Gasteiger partial charge < -0.3 is 9.47 Å². The first kappa shape index (κ1) is 20.6. The fourth-order valence-electron chi connectivity index (χ4n) is 5.29. The molecule has 1 aliphatic heterocycles. The summed E-state index contributed by atoms with van der Waals surface area (Å²) in [6.07, 6.45) is 0.370. The Balaban J connectivity index is 2.08. The van der Waals surface area contributed by atoms with Gasteiger partial charge in [-0.2, -0.15) is 0 Å². The molecule has 2 aliphatic rings. The number of carbonyl (C=O) groups excluding carboxylic acids is 3. The van der Waals surface area contributed by atoms with Crippen molar-refractivity contribution in [2.75, 3.05) is 6.61 Å². The minimum atomic E-state index is -1.54. The van der Waals surface area contributed by atoms with Gasteiger partial charge in [-0.15, -0.1) is 0 Å². The topological polar surface area (TPSA) is 69.7 Å². The smallest absolute Gasteiger partial charge is 0.325 e. The number of ether oxygens (including phenoxy) is 2. The van der Waals surface area contributed by atoms with E-state index in [1.807, 2.05) is 19.1 Å². The van der Waals surface area contributed by atoms with Gasteiger partial charge in [-0.05, 0) is 38.2 Å². The SMILES string of the molecule is CCOC(=O)C12C(=O)OC(C)(C)C1C2(CC)C(=O)c1ccc(C(C)(C)C)cc1. The van der Waals surface area contributed by atoms with Crippen LogP contribution in [0.1, 0.15) is 70.8 Å². The van der Waals surface area contributed by atoms with Crippen LogP contribution in [0.2, 0.25) is 0 Å². The number of cyclic esters (lactones) is 1. The first-order chi connectivity index (χ1) is 12.9. The molecule has 1 aliphatic carbocycles. The zero-order chi connectivity index (χ0) is 21.1. The van der Waals surface area contributed by atoms with Crippen molar-refractivity contribution in [3.8, 4) is 0 Å². The van der Waals surface area contributed by atoms with Crippen LogP contribution in [0.3, 0.4) is 0 Å². The largest absolute Gasteiger partial charge is 0.465 e. The van der Waals surface area contributed by atoms with E-state index in [-0.39, 0.29) is 17.8 Å². The summed E-state index contributed by atoms with van der Waals surface area (Å²) in [5.74, 6) is -1.99. The molecule has 3 atom stereocenters. The molecule has 1 aromatic carbocycles. The maximum Gasteiger partial charge on any atom is 0.325 e. The van der Waals surface area contributed by atoms with Crippen molar-refractivity contribution in [3.05, 3.63) is 35.4 Å². The molecule has 1 saturated carbocycles. The van der Waals surface area contributed by atoms with Crippen LogP contribution in [0.15, 0.2) is 24.3 Å². The molecule has 28 heavy (non-hydrogen) atoms. The Labute approximate surface area is 166 Å². The highest BCUT2D eigenvalue weighted by atomic mass is 16.6. The van der Waals surface area contributed by atoms with Crippen molar-refractivity contribution in [2.45, 2.75) is 65.9 Å². The molecule has 0 bridgehead atoms. The van der Waals surface area contributed by atoms with E-state index in [0.29, 0.717) is 12.0 Å². The Morgan fingerprint density at radius 2 is 1.68 bits per heavy atom. The van der Waals surface area contributed by atoms with Crippen molar-refractivity contribution in [1.82, 2.24) is 0 Å². The van der Waals surface area contributed by atoms with Gasteiger partial charge in [0.2, 0.25) is 0 Å². The fourth-order valence-corrected chi connectivity index (χ4v) is 5.29. The Hall–Kier alpha value is -2.17. The lowest BCUT2D eigenvalue weighted by atomic mass is 9.80. The molecule has 152 valence electrons. The number of rotatable bonds is 5. The lowest BCUT2D eigenvalue weighted by Gasteiger charge is -2.28. The highest BCUT2D eigenvalue weighted by molar-refractivity contribution is 6.19. The van der Waals surface area contributed by atoms with Crippen molar-refractivity contribution in [2.24, 2.45) is 16.7 Å². The van der Waals surface area contributed by atoms with Crippen LogP contribution >= 0.6 is 0 Å². The van der Waals surface area contributed by atoms with Crippen LogP contribution in [-0.2, 0) is 24.5 Å². The van der Waals surface area contributed by atoms with Gasteiger partial charge in [-0.25, -0.2) is 0 Å². The van der Waals surface area contributed by atoms with Crippen LogP contribution in [0.5, 0.6) is 0 Å². The van der Waals surface area contributed by atoms with E-state index in [2.05, 4.69) is 20.8 Å². The van der Waals surface area contributed by atoms with Crippen molar-refractivity contribution < 1.29 is 23.9 Å². The lowest BCUT2D eigenvalue weighted by molar-refractivity contribution is -0.166. The monoisotopic (exact) mass is 386 g/mol. The average molecular weight is 386 g/mol. The molecule has 0 radical (unpaired) electrons. The zero-order valence-electron chi connectivity index (χ0n) is 17.8. The maximum absolute atomic E-state index is 13.7. The predicted molar refractivity (Wildman–Crippen MR) is 105 cm³/mol. The van der Waals surface area contributed by atoms with E-state index in [1.54, 1.807) is 32.9 Å². The fraction of sp³-hybridized carbons (Fsp3) is 0.609. The normalized spacial score (nSPS) is 30.4. The summed E-state index contributed by atoms with van der Waals surface area (Å²) in [5, 5.41) is 0. The summed E-state index contributed by atoms with van der Waals surface area (Å²) >= 11 is 0. The maximum atomic E-state index is 13.7. The molecule has 0 amide bonds. The van der Waals surface area contributed by atoms with Gasteiger partial charge in [0.1, 0.15) is 5.60 Å². The standard InChI is InChI=1S/C23H30O5/c1-8-22(16(24)14-10-12-15(13-11-14)20(3,4)5)17-21(6,7)28-19(26)23(17,22)18(25)27-9-2/h10-13,17H,8-9H2,1-7H3. The van der Waals surface area contributed by atoms with E-state index >= 15 is 0 Å². The molecule has 2 fully saturated rings. The molecule has 1 aromatic rings. The van der Waals surface area contributed by atoms with Crippen LogP contribution in [0.4, 0.5) is 0 Å². The molecule has 1 saturated heterocycles. The third kappa shape index (κ3) is 2.41. The number of ketones is 1. The number of carbonyl (C=O) groups is 3. The average Bonchev–Trinajstić information content (AvgIpc) is 3.21. The Bertz CT molecular complexity index is 830. The molecule has 3 rings (SSSR count). The number of esters is 2. The number of Topliss-reactive ketones (excluding diaryl/α,β-unsaturated/α-hetero) is 1. The van der Waals surface area contributed by atoms with E-state index < -0.39 is 34.3 Å². The summed E-state index contributed by atoms with van der Waals surface area (Å²) < 4.78 is 10.7. The van der Waals surface area contributed by atoms with Crippen LogP contribution in [0.25, 0.3) is 0 Å². The third-order valence-electron chi connectivity index (χ3n) is 6.49. The molecule has 5 heteroatoms. The molecular formula is C23H30O5. The predicted octanol–water partition coefficient (Wildman–Crippen LogP) is 4.08. The first-order valence-corrected chi connectivity index (χ1v) is 9.97. The summed E-state index contributed by atoms with van der Waals surface area (Å²) in [7, 11) is 0. The number of benzene rings is 1. The second-order valence-electron chi connectivity index (χ2n) is 9.44. The highest BCUT2D eigenvalue weighted by Gasteiger charge is 2.95. The van der Waals surface area contributed by atoms with Crippen molar-refractivity contribution >= 4 is 17.7 Å². The second-order valence-corrected chi connectivity index (χ2v) is 9.44. The number of hydrogen-bond acceptors (Lipinski definition) is 5. The molecule has 0 N–H and O–H groups in total. The summed E-state index contributed by atoms with van der Waals surface area (Å²) in [4.78, 5) is 39.5. The summed E-state index contributed by atoms with van der Waals surface area (Å²) in [6, 6.07) is 7.47. The first-order valence-electron chi connectivity index (χ1n) is 9.97. The molecule has 1 heterocycles. The Kier molecular flexibility index (Phi) is 4.53. The van der Waals surface area contributed by atoms with Gasteiger partial charge in [0.15, 0.2) is 11.2 Å². The molecular weight excluding hydrogens is 356 g/mol. The summed E-state index contributed by atoms with van der Waals surface area (Å²) in [6.45, 7) is 13.6. The Morgan fingerprint density at radius 3 is 2.14 bits per heavy atom. The van der Waals surface area contributed by atoms with Gasteiger partial charge in [0.25, 0.3) is 0 Å². The van der Waals surface area contributed by atoms with Gasteiger partial charge in [-0.3, -0.25) is 14.4 Å². The third-order valence-corrected chi connectivity index (χ3v) is 6.49. The summed E-state index contributed by atoms with van der Waals surface area (Å²) in [5.41, 5.74) is -1.97. The van der Waals surface area contributed by atoms with Gasteiger partial charge >= 0.3 is 11.9 Å². The van der Waals surface area contributed by atoms with Crippen LogP contribution in [-0.4, -0.2) is 29.9 Å². The number of fused-ring (bicyclic) bond motifs is 1. The van der Waals surface area contributed by atoms with Gasteiger partial charge in [0.05, 0.1) is 12.0 Å². The zero-order valence-corrected chi connectivity index (χ0v) is 17.8. The van der Waals surface area contributed by atoms with E-state index in [0.717, 1.165) is 5.56 Å². The lowest BCUT2D eigenvalue weighted by Crippen LogP contribution is -2.40. The van der Waals surface area contributed by atoms with Crippen molar-refractivity contribution in [3.63, 3.8) is 0 Å². The van der Waals surface area contributed by atoms with E-state index in [4.69, 9.17) is 9.47 Å². The van der Waals surface area contributed by atoms with Gasteiger partial charge in [-0.1, -0.05) is 52.0 Å². The van der Waals surface area contributed by atoms with Crippen molar-refractivity contribution in [1.29, 1.82) is 0 Å². The second kappa shape index (κ2) is 6.16. The minimum absolute atomic E-state index is 0.0297. The van der Waals surface area contributed by atoms with Crippen LogP contribution < -0.4 is 0 Å². The number of hydrogen-bond donors (Lipinski definition) is 0.